The molecule has 0 fully saturated rings. The number of rotatable bonds is 5. The zero-order valence-corrected chi connectivity index (χ0v) is 9.91. The van der Waals surface area contributed by atoms with E-state index >= 15 is 0 Å². The maximum Gasteiger partial charge on any atom is 0.124 e. The van der Waals surface area contributed by atoms with Crippen molar-refractivity contribution in [3.8, 4) is 5.75 Å². The molecule has 0 saturated carbocycles. The summed E-state index contributed by atoms with van der Waals surface area (Å²) in [5.74, 6) is 1.05. The number of nitrogens with two attached hydrogens (primary N) is 1. The molecule has 3 nitrogen and oxygen atoms in total. The second-order valence-corrected chi connectivity index (χ2v) is 4.07. The summed E-state index contributed by atoms with van der Waals surface area (Å²) in [7, 11) is 0. The molecule has 2 rings (SSSR count). The molecule has 88 valence electrons. The maximum absolute atomic E-state index is 5.65. The molecule has 1 aliphatic rings. The van der Waals surface area contributed by atoms with Gasteiger partial charge in [-0.2, -0.15) is 0 Å². The summed E-state index contributed by atoms with van der Waals surface area (Å²) in [6.07, 6.45) is 2.15. The van der Waals surface area contributed by atoms with Crippen LogP contribution < -0.4 is 15.4 Å². The van der Waals surface area contributed by atoms with Gasteiger partial charge in [-0.1, -0.05) is 6.07 Å². The van der Waals surface area contributed by atoms with Gasteiger partial charge in [-0.25, -0.2) is 0 Å². The molecule has 0 saturated heterocycles. The monoisotopic (exact) mass is 220 g/mol. The fourth-order valence-corrected chi connectivity index (χ4v) is 2.27. The fraction of sp³-hybridized carbons (Fsp3) is 0.538. The number of nitrogens with zero attached hydrogens (tertiary/aromatic N) is 1. The molecule has 0 spiro atoms. The molecule has 0 aromatic heterocycles. The van der Waals surface area contributed by atoms with Crippen molar-refractivity contribution >= 4 is 5.69 Å². The lowest BCUT2D eigenvalue weighted by molar-refractivity contribution is 0.337. The van der Waals surface area contributed by atoms with Crippen molar-refractivity contribution in [2.45, 2.75) is 19.8 Å². The van der Waals surface area contributed by atoms with Crippen LogP contribution >= 0.6 is 0 Å². The predicted molar refractivity (Wildman–Crippen MR) is 67.2 cm³/mol. The first kappa shape index (κ1) is 11.3. The number of hydrogen-bond acceptors (Lipinski definition) is 3. The molecule has 1 aromatic carbocycles. The molecular weight excluding hydrogens is 200 g/mol. The van der Waals surface area contributed by atoms with E-state index in [4.69, 9.17) is 10.5 Å². The van der Waals surface area contributed by atoms with Crippen LogP contribution in [0.4, 0.5) is 5.69 Å². The Labute approximate surface area is 97.2 Å². The summed E-state index contributed by atoms with van der Waals surface area (Å²) >= 11 is 0. The Bertz CT molecular complexity index is 352. The summed E-state index contributed by atoms with van der Waals surface area (Å²) in [6.45, 7) is 5.68. The number of hydrogen-bond donors (Lipinski definition) is 1. The van der Waals surface area contributed by atoms with Gasteiger partial charge in [0.15, 0.2) is 0 Å². The Morgan fingerprint density at radius 1 is 1.44 bits per heavy atom. The Kier molecular flexibility index (Phi) is 3.67. The Hall–Kier alpha value is -1.22. The summed E-state index contributed by atoms with van der Waals surface area (Å²) in [6, 6.07) is 6.32. The highest BCUT2D eigenvalue weighted by molar-refractivity contribution is 5.63. The first-order valence-corrected chi connectivity index (χ1v) is 6.06. The summed E-state index contributed by atoms with van der Waals surface area (Å²) in [4.78, 5) is 2.41. The lowest BCUT2D eigenvalue weighted by Gasteiger charge is -2.19. The van der Waals surface area contributed by atoms with Crippen LogP contribution in [0, 0.1) is 0 Å². The largest absolute Gasteiger partial charge is 0.494 e. The minimum atomic E-state index is 0.735. The van der Waals surface area contributed by atoms with E-state index in [-0.39, 0.29) is 0 Å². The van der Waals surface area contributed by atoms with Crippen LogP contribution in [0.5, 0.6) is 5.75 Å². The fourth-order valence-electron chi connectivity index (χ4n) is 2.27. The Morgan fingerprint density at radius 2 is 2.31 bits per heavy atom. The van der Waals surface area contributed by atoms with Crippen LogP contribution in [0.2, 0.25) is 0 Å². The van der Waals surface area contributed by atoms with Gasteiger partial charge in [0.25, 0.3) is 0 Å². The van der Waals surface area contributed by atoms with Gasteiger partial charge >= 0.3 is 0 Å². The van der Waals surface area contributed by atoms with Crippen LogP contribution in [-0.4, -0.2) is 26.2 Å². The first-order chi connectivity index (χ1) is 7.86. The van der Waals surface area contributed by atoms with Crippen molar-refractivity contribution in [3.63, 3.8) is 0 Å². The summed E-state index contributed by atoms with van der Waals surface area (Å²) in [5, 5.41) is 0. The van der Waals surface area contributed by atoms with E-state index in [2.05, 4.69) is 23.1 Å². The van der Waals surface area contributed by atoms with Gasteiger partial charge in [-0.3, -0.25) is 0 Å². The van der Waals surface area contributed by atoms with Gasteiger partial charge in [0.1, 0.15) is 5.75 Å². The maximum atomic E-state index is 5.65. The molecule has 1 aliphatic heterocycles. The third-order valence-electron chi connectivity index (χ3n) is 3.01. The molecule has 0 aliphatic carbocycles. The van der Waals surface area contributed by atoms with E-state index in [1.165, 1.54) is 11.3 Å². The normalized spacial score (nSPS) is 14.0. The number of benzene rings is 1. The van der Waals surface area contributed by atoms with Gasteiger partial charge in [-0.05, 0) is 38.4 Å². The Morgan fingerprint density at radius 3 is 3.06 bits per heavy atom. The second-order valence-electron chi connectivity index (χ2n) is 4.07. The summed E-state index contributed by atoms with van der Waals surface area (Å²) < 4.78 is 5.65. The van der Waals surface area contributed by atoms with E-state index in [1.54, 1.807) is 0 Å². The van der Waals surface area contributed by atoms with E-state index in [0.29, 0.717) is 0 Å². The molecule has 1 aromatic rings. The standard InChI is InChI=1S/C13H20N2O/c1-2-16-13-6-3-5-12-11(13)7-10-15(12)9-4-8-14/h3,5-6H,2,4,7-10,14H2,1H3. The quantitative estimate of drug-likeness (QED) is 0.822. The molecule has 16 heavy (non-hydrogen) atoms. The average molecular weight is 220 g/mol. The first-order valence-electron chi connectivity index (χ1n) is 6.06. The van der Waals surface area contributed by atoms with Gasteiger partial charge in [-0.15, -0.1) is 0 Å². The smallest absolute Gasteiger partial charge is 0.124 e. The molecule has 1 heterocycles. The van der Waals surface area contributed by atoms with E-state index in [0.717, 1.165) is 44.8 Å². The summed E-state index contributed by atoms with van der Waals surface area (Å²) in [5.41, 5.74) is 8.25. The molecular formula is C13H20N2O. The van der Waals surface area contributed by atoms with Crippen molar-refractivity contribution in [2.75, 3.05) is 31.1 Å². The molecule has 0 atom stereocenters. The minimum absolute atomic E-state index is 0.735. The van der Waals surface area contributed by atoms with Crippen LogP contribution in [-0.2, 0) is 6.42 Å². The lowest BCUT2D eigenvalue weighted by atomic mass is 10.1. The van der Waals surface area contributed by atoms with Gasteiger partial charge < -0.3 is 15.4 Å². The van der Waals surface area contributed by atoms with Crippen molar-refractivity contribution in [3.05, 3.63) is 23.8 Å². The van der Waals surface area contributed by atoms with Gasteiger partial charge in [0, 0.05) is 24.3 Å². The average Bonchev–Trinajstić information content (AvgIpc) is 2.71. The molecule has 0 radical (unpaired) electrons. The highest BCUT2D eigenvalue weighted by Gasteiger charge is 2.21. The van der Waals surface area contributed by atoms with Crippen LogP contribution in [0.3, 0.4) is 0 Å². The zero-order chi connectivity index (χ0) is 11.4. The van der Waals surface area contributed by atoms with Crippen LogP contribution in [0.15, 0.2) is 18.2 Å². The topological polar surface area (TPSA) is 38.5 Å². The third kappa shape index (κ3) is 2.14. The third-order valence-corrected chi connectivity index (χ3v) is 3.01. The SMILES string of the molecule is CCOc1cccc2c1CCN2CCCN. The molecule has 0 amide bonds. The second kappa shape index (κ2) is 5.21. The Balaban J connectivity index is 2.16. The predicted octanol–water partition coefficient (Wildman–Crippen LogP) is 1.80. The number of fused-ring (bicyclic) bond motifs is 1. The van der Waals surface area contributed by atoms with E-state index < -0.39 is 0 Å². The van der Waals surface area contributed by atoms with Gasteiger partial charge in [0.2, 0.25) is 0 Å². The van der Waals surface area contributed by atoms with E-state index in [9.17, 15) is 0 Å². The number of anilines is 1. The lowest BCUT2D eigenvalue weighted by Crippen LogP contribution is -2.23. The number of ether oxygens (including phenoxy) is 1. The van der Waals surface area contributed by atoms with E-state index in [1.807, 2.05) is 6.92 Å². The molecule has 3 heteroatoms. The minimum Gasteiger partial charge on any atom is -0.494 e. The van der Waals surface area contributed by atoms with Crippen molar-refractivity contribution in [1.29, 1.82) is 0 Å². The highest BCUT2D eigenvalue weighted by atomic mass is 16.5. The van der Waals surface area contributed by atoms with Crippen LogP contribution in [0.25, 0.3) is 0 Å². The van der Waals surface area contributed by atoms with Crippen molar-refractivity contribution in [2.24, 2.45) is 5.73 Å². The van der Waals surface area contributed by atoms with Crippen LogP contribution in [0.1, 0.15) is 18.9 Å². The van der Waals surface area contributed by atoms with Gasteiger partial charge in [0.05, 0.1) is 6.61 Å². The van der Waals surface area contributed by atoms with Crippen molar-refractivity contribution < 1.29 is 4.74 Å². The molecule has 0 bridgehead atoms. The zero-order valence-electron chi connectivity index (χ0n) is 9.91. The van der Waals surface area contributed by atoms with Crippen molar-refractivity contribution in [1.82, 2.24) is 0 Å². The molecule has 0 unspecified atom stereocenters. The molecule has 2 N–H and O–H groups in total. The highest BCUT2D eigenvalue weighted by Crippen LogP contribution is 2.34.